The van der Waals surface area contributed by atoms with Gasteiger partial charge in [-0.25, -0.2) is 0 Å². The highest BCUT2D eigenvalue weighted by atomic mass is 35.5. The molecule has 0 radical (unpaired) electrons. The average molecular weight is 368 g/mol. The first-order valence-corrected chi connectivity index (χ1v) is 8.17. The highest BCUT2D eigenvalue weighted by Gasteiger charge is 2.18. The number of rotatable bonds is 2. The maximum atomic E-state index is 12.3. The van der Waals surface area contributed by atoms with Crippen LogP contribution in [0.2, 0.25) is 15.1 Å². The predicted molar refractivity (Wildman–Crippen MR) is 97.6 cm³/mol. The van der Waals surface area contributed by atoms with Crippen LogP contribution in [0.5, 0.6) is 0 Å². The van der Waals surface area contributed by atoms with E-state index in [4.69, 9.17) is 34.8 Å². The molecule has 118 valence electrons. The van der Waals surface area contributed by atoms with Crippen molar-refractivity contribution < 1.29 is 4.79 Å². The number of amides is 1. The van der Waals surface area contributed by atoms with Crippen LogP contribution in [-0.4, -0.2) is 12.5 Å². The number of nitrogens with one attached hydrogen (secondary N) is 2. The molecule has 0 unspecified atom stereocenters. The molecule has 0 spiro atoms. The van der Waals surface area contributed by atoms with Crippen molar-refractivity contribution in [2.45, 2.75) is 6.42 Å². The van der Waals surface area contributed by atoms with Gasteiger partial charge in [0.05, 0.1) is 5.02 Å². The third kappa shape index (κ3) is 3.81. The summed E-state index contributed by atoms with van der Waals surface area (Å²) >= 11 is 18.2. The lowest BCUT2D eigenvalue weighted by molar-refractivity contribution is -0.111. The van der Waals surface area contributed by atoms with Gasteiger partial charge in [-0.3, -0.25) is 4.79 Å². The van der Waals surface area contributed by atoms with Gasteiger partial charge in [0, 0.05) is 39.6 Å². The van der Waals surface area contributed by atoms with Crippen LogP contribution in [0.15, 0.2) is 42.5 Å². The van der Waals surface area contributed by atoms with E-state index in [9.17, 15) is 4.79 Å². The van der Waals surface area contributed by atoms with E-state index in [2.05, 4.69) is 10.6 Å². The largest absolute Gasteiger partial charge is 0.384 e. The standard InChI is InChI=1S/C17H13Cl3N2O/c18-11-2-1-3-13(7-11)22-16(23)6-10-4-5-21-15-9-12(19)8-14(20)17(10)15/h1-3,6-9,21H,4-5H2,(H,22,23)/b10-6+. The molecule has 1 heterocycles. The molecule has 0 atom stereocenters. The molecule has 23 heavy (non-hydrogen) atoms. The quantitative estimate of drug-likeness (QED) is 0.690. The van der Waals surface area contributed by atoms with Crippen LogP contribution < -0.4 is 10.6 Å². The van der Waals surface area contributed by atoms with Gasteiger partial charge in [-0.15, -0.1) is 0 Å². The molecule has 0 saturated carbocycles. The van der Waals surface area contributed by atoms with Gasteiger partial charge in [0.15, 0.2) is 0 Å². The normalized spacial score (nSPS) is 15.0. The molecule has 0 saturated heterocycles. The third-order valence-electron chi connectivity index (χ3n) is 3.48. The lowest BCUT2D eigenvalue weighted by Crippen LogP contribution is -2.14. The number of fused-ring (bicyclic) bond motifs is 1. The minimum atomic E-state index is -0.221. The van der Waals surface area contributed by atoms with Crippen molar-refractivity contribution >= 4 is 57.7 Å². The Morgan fingerprint density at radius 3 is 2.74 bits per heavy atom. The second-order valence-corrected chi connectivity index (χ2v) is 6.44. The first kappa shape index (κ1) is 16.2. The number of anilines is 2. The first-order chi connectivity index (χ1) is 11.0. The van der Waals surface area contributed by atoms with E-state index >= 15 is 0 Å². The summed E-state index contributed by atoms with van der Waals surface area (Å²) in [6.45, 7) is 0.722. The fourth-order valence-electron chi connectivity index (χ4n) is 2.54. The van der Waals surface area contributed by atoms with E-state index < -0.39 is 0 Å². The SMILES string of the molecule is O=C(/C=C1\CCNc2cc(Cl)cc(Cl)c21)Nc1cccc(Cl)c1. The van der Waals surface area contributed by atoms with Gasteiger partial charge < -0.3 is 10.6 Å². The van der Waals surface area contributed by atoms with Crippen LogP contribution >= 0.6 is 34.8 Å². The predicted octanol–water partition coefficient (Wildman–Crippen LogP) is 5.48. The molecule has 1 aliphatic heterocycles. The molecule has 6 heteroatoms. The molecule has 0 aliphatic carbocycles. The highest BCUT2D eigenvalue weighted by Crippen LogP contribution is 2.38. The molecular formula is C17H13Cl3N2O. The number of benzene rings is 2. The van der Waals surface area contributed by atoms with Crippen molar-refractivity contribution in [2.75, 3.05) is 17.2 Å². The van der Waals surface area contributed by atoms with Crippen LogP contribution in [0.3, 0.4) is 0 Å². The van der Waals surface area contributed by atoms with E-state index in [0.717, 1.165) is 23.4 Å². The van der Waals surface area contributed by atoms with Crippen LogP contribution in [0.25, 0.3) is 5.57 Å². The highest BCUT2D eigenvalue weighted by molar-refractivity contribution is 6.36. The fourth-order valence-corrected chi connectivity index (χ4v) is 3.35. The Labute approximate surface area is 149 Å². The Bertz CT molecular complexity index is 802. The first-order valence-electron chi connectivity index (χ1n) is 7.03. The van der Waals surface area contributed by atoms with Crippen LogP contribution in [-0.2, 0) is 4.79 Å². The van der Waals surface area contributed by atoms with Gasteiger partial charge in [0.2, 0.25) is 5.91 Å². The molecule has 1 amide bonds. The number of carbonyl (C=O) groups excluding carboxylic acids is 1. The number of halogens is 3. The molecule has 0 fully saturated rings. The number of hydrogen-bond acceptors (Lipinski definition) is 2. The third-order valence-corrected chi connectivity index (χ3v) is 4.23. The smallest absolute Gasteiger partial charge is 0.248 e. The fraction of sp³-hybridized carbons (Fsp3) is 0.118. The van der Waals surface area contributed by atoms with Gasteiger partial charge >= 0.3 is 0 Å². The Kier molecular flexibility index (Phi) is 4.81. The minimum Gasteiger partial charge on any atom is -0.384 e. The molecule has 2 aromatic rings. The van der Waals surface area contributed by atoms with Crippen LogP contribution in [0.1, 0.15) is 12.0 Å². The summed E-state index contributed by atoms with van der Waals surface area (Å²) in [6.07, 6.45) is 2.28. The van der Waals surface area contributed by atoms with Gasteiger partial charge in [0.1, 0.15) is 0 Å². The zero-order valence-electron chi connectivity index (χ0n) is 12.0. The molecule has 2 N–H and O–H groups in total. The Morgan fingerprint density at radius 2 is 1.96 bits per heavy atom. The Morgan fingerprint density at radius 1 is 1.13 bits per heavy atom. The van der Waals surface area contributed by atoms with Gasteiger partial charge in [0.25, 0.3) is 0 Å². The van der Waals surface area contributed by atoms with Crippen molar-refractivity contribution in [3.05, 3.63) is 63.1 Å². The number of carbonyl (C=O) groups is 1. The maximum Gasteiger partial charge on any atom is 0.248 e. The van der Waals surface area contributed by atoms with E-state index in [1.165, 1.54) is 0 Å². The zero-order valence-corrected chi connectivity index (χ0v) is 14.3. The van der Waals surface area contributed by atoms with E-state index in [1.807, 2.05) is 6.07 Å². The monoisotopic (exact) mass is 366 g/mol. The summed E-state index contributed by atoms with van der Waals surface area (Å²) in [5, 5.41) is 7.71. The zero-order chi connectivity index (χ0) is 16.4. The Hall–Kier alpha value is -1.68. The summed E-state index contributed by atoms with van der Waals surface area (Å²) in [4.78, 5) is 12.3. The summed E-state index contributed by atoms with van der Waals surface area (Å²) in [5.41, 5.74) is 3.19. The minimum absolute atomic E-state index is 0.221. The average Bonchev–Trinajstić information content (AvgIpc) is 2.46. The van der Waals surface area contributed by atoms with Crippen LogP contribution in [0.4, 0.5) is 11.4 Å². The van der Waals surface area contributed by atoms with E-state index in [0.29, 0.717) is 27.2 Å². The molecule has 1 aliphatic rings. The van der Waals surface area contributed by atoms with E-state index in [1.54, 1.807) is 36.4 Å². The van der Waals surface area contributed by atoms with Gasteiger partial charge in [-0.2, -0.15) is 0 Å². The summed E-state index contributed by atoms with van der Waals surface area (Å²) in [7, 11) is 0. The number of hydrogen-bond donors (Lipinski definition) is 2. The second kappa shape index (κ2) is 6.83. The lowest BCUT2D eigenvalue weighted by Gasteiger charge is -2.22. The topological polar surface area (TPSA) is 41.1 Å². The van der Waals surface area contributed by atoms with Gasteiger partial charge in [-0.05, 0) is 42.3 Å². The summed E-state index contributed by atoms with van der Waals surface area (Å²) in [5.74, 6) is -0.221. The van der Waals surface area contributed by atoms with Crippen molar-refractivity contribution in [1.29, 1.82) is 0 Å². The van der Waals surface area contributed by atoms with Gasteiger partial charge in [-0.1, -0.05) is 40.9 Å². The van der Waals surface area contributed by atoms with E-state index in [-0.39, 0.29) is 5.91 Å². The summed E-state index contributed by atoms with van der Waals surface area (Å²) in [6, 6.07) is 10.5. The molecule has 3 nitrogen and oxygen atoms in total. The lowest BCUT2D eigenvalue weighted by atomic mass is 9.96. The molecule has 2 aromatic carbocycles. The van der Waals surface area contributed by atoms with Crippen molar-refractivity contribution in [3.63, 3.8) is 0 Å². The van der Waals surface area contributed by atoms with Crippen LogP contribution in [0, 0.1) is 0 Å². The Balaban J connectivity index is 1.88. The maximum absolute atomic E-state index is 12.3. The molecule has 0 aromatic heterocycles. The second-order valence-electron chi connectivity index (χ2n) is 5.16. The summed E-state index contributed by atoms with van der Waals surface area (Å²) < 4.78 is 0. The van der Waals surface area contributed by atoms with Crippen molar-refractivity contribution in [3.8, 4) is 0 Å². The molecule has 3 rings (SSSR count). The molecular weight excluding hydrogens is 355 g/mol. The van der Waals surface area contributed by atoms with Crippen molar-refractivity contribution in [1.82, 2.24) is 0 Å². The van der Waals surface area contributed by atoms with Crippen molar-refractivity contribution in [2.24, 2.45) is 0 Å². The molecule has 0 bridgehead atoms.